The van der Waals surface area contributed by atoms with Gasteiger partial charge in [-0.25, -0.2) is 9.78 Å². The number of aryl methyl sites for hydroxylation is 1. The Labute approximate surface area is 321 Å². The molecule has 2 aromatic rings. The Morgan fingerprint density at radius 2 is 1.49 bits per heavy atom. The number of rotatable bonds is 7. The third kappa shape index (κ3) is 14.8. The van der Waals surface area contributed by atoms with Gasteiger partial charge in [0.15, 0.2) is 5.60 Å². The molecule has 4 unspecified atom stereocenters. The van der Waals surface area contributed by atoms with Crippen molar-refractivity contribution < 1.29 is 33.3 Å². The van der Waals surface area contributed by atoms with Crippen molar-refractivity contribution in [1.29, 1.82) is 0 Å². The van der Waals surface area contributed by atoms with E-state index < -0.39 is 29.8 Å². The van der Waals surface area contributed by atoms with Crippen LogP contribution in [-0.2, 0) is 35.1 Å². The van der Waals surface area contributed by atoms with E-state index in [4.69, 9.17) is 9.47 Å². The lowest BCUT2D eigenvalue weighted by molar-refractivity contribution is -0.169. The van der Waals surface area contributed by atoms with Crippen molar-refractivity contribution in [2.24, 2.45) is 29.6 Å². The van der Waals surface area contributed by atoms with E-state index in [0.717, 1.165) is 49.9 Å². The van der Waals surface area contributed by atoms with Crippen LogP contribution < -0.4 is 0 Å². The molecule has 2 fully saturated rings. The first-order valence-corrected chi connectivity index (χ1v) is 19.8. The van der Waals surface area contributed by atoms with Crippen LogP contribution in [0.5, 0.6) is 0 Å². The van der Waals surface area contributed by atoms with Crippen LogP contribution >= 0.6 is 0 Å². The first-order valence-electron chi connectivity index (χ1n) is 19.8. The number of ketones is 1. The molecule has 0 radical (unpaired) electrons. The van der Waals surface area contributed by atoms with Crippen LogP contribution in [0.4, 0.5) is 4.79 Å². The Morgan fingerprint density at radius 1 is 0.887 bits per heavy atom. The van der Waals surface area contributed by atoms with Gasteiger partial charge in [-0.3, -0.25) is 14.6 Å². The van der Waals surface area contributed by atoms with E-state index in [1.165, 1.54) is 0 Å². The van der Waals surface area contributed by atoms with Gasteiger partial charge in [0, 0.05) is 77.5 Å². The average molecular weight is 747 g/mol. The maximum absolute atomic E-state index is 13.9. The van der Waals surface area contributed by atoms with Gasteiger partial charge in [-0.1, -0.05) is 69.2 Å². The molecule has 11 nitrogen and oxygen atoms in total. The molecule has 53 heavy (non-hydrogen) atoms. The molecule has 2 aliphatic heterocycles. The minimum absolute atomic E-state index is 0.131. The zero-order valence-electron chi connectivity index (χ0n) is 35.8. The van der Waals surface area contributed by atoms with Gasteiger partial charge in [0.25, 0.3) is 0 Å². The lowest BCUT2D eigenvalue weighted by Crippen LogP contribution is -2.57. The number of hydrogen-bond donors (Lipinski definition) is 0. The van der Waals surface area contributed by atoms with Crippen LogP contribution in [0.1, 0.15) is 115 Å². The Kier molecular flexibility index (Phi) is 24.8. The summed E-state index contributed by atoms with van der Waals surface area (Å²) in [6.07, 6.45) is 10.7. The molecule has 11 heteroatoms. The highest BCUT2D eigenvalue weighted by Crippen LogP contribution is 2.41. The second-order valence-corrected chi connectivity index (χ2v) is 14.0. The predicted molar refractivity (Wildman–Crippen MR) is 213 cm³/mol. The van der Waals surface area contributed by atoms with Crippen molar-refractivity contribution in [2.75, 3.05) is 35.0 Å². The fourth-order valence-corrected chi connectivity index (χ4v) is 6.99. The molecular formula is C42H74N4O7. The largest absolute Gasteiger partial charge is 0.458 e. The molecule has 0 aliphatic carbocycles. The monoisotopic (exact) mass is 747 g/mol. The number of carbonyl (C=O) groups excluding carboxylic acids is 3. The van der Waals surface area contributed by atoms with Gasteiger partial charge in [-0.2, -0.15) is 0 Å². The molecular weight excluding hydrogens is 672 g/mol. The van der Waals surface area contributed by atoms with E-state index >= 15 is 0 Å². The van der Waals surface area contributed by atoms with E-state index in [9.17, 15) is 14.4 Å². The Morgan fingerprint density at radius 3 is 2.06 bits per heavy atom. The second kappa shape index (κ2) is 26.5. The van der Waals surface area contributed by atoms with Gasteiger partial charge in [0.05, 0.1) is 24.0 Å². The molecule has 0 aromatic carbocycles. The highest BCUT2D eigenvalue weighted by molar-refractivity contribution is 5.85. The first kappa shape index (κ1) is 49.7. The van der Waals surface area contributed by atoms with Gasteiger partial charge in [-0.05, 0) is 69.4 Å². The lowest BCUT2D eigenvalue weighted by atomic mass is 9.74. The number of hydrogen-bond acceptors (Lipinski definition) is 9. The minimum atomic E-state index is -1.14. The summed E-state index contributed by atoms with van der Waals surface area (Å²) in [5, 5.41) is 0. The zero-order valence-corrected chi connectivity index (χ0v) is 35.8. The number of cyclic esters (lactones) is 1. The van der Waals surface area contributed by atoms with Crippen molar-refractivity contribution in [3.05, 3.63) is 37.1 Å². The van der Waals surface area contributed by atoms with E-state index in [-0.39, 0.29) is 23.6 Å². The highest BCUT2D eigenvalue weighted by atomic mass is 16.6. The molecule has 304 valence electrons. The number of aromatic nitrogens is 3. The summed E-state index contributed by atoms with van der Waals surface area (Å²) in [5.74, 6) is -0.278. The summed E-state index contributed by atoms with van der Waals surface area (Å²) < 4.78 is 22.7. The maximum Gasteiger partial charge on any atom is 0.410 e. The van der Waals surface area contributed by atoms with Crippen molar-refractivity contribution in [3.63, 3.8) is 0 Å². The summed E-state index contributed by atoms with van der Waals surface area (Å²) in [5.41, 5.74) is 0.694. The normalized spacial score (nSPS) is 27.3. The van der Waals surface area contributed by atoms with E-state index in [0.29, 0.717) is 24.8 Å². The van der Waals surface area contributed by atoms with Crippen LogP contribution in [0.15, 0.2) is 37.1 Å². The number of pyridine rings is 1. The number of ether oxygens (including phenoxy) is 4. The predicted octanol–water partition coefficient (Wildman–Crippen LogP) is 9.14. The molecule has 2 saturated heterocycles. The van der Waals surface area contributed by atoms with Gasteiger partial charge in [0.1, 0.15) is 11.9 Å². The SMILES string of the molecule is CC.CC.CC[C@H]1OC(=O)C(C)CCC(C)[C@@H](C)C[C@@H](C)C(=O)C(C)C2N(CCCCn3cnc(-c4cccnc4)c3)C(=O)O[C@@]21C.COC.COC. The Balaban J connectivity index is 0.00000245. The zero-order chi connectivity index (χ0) is 40.7. The third-order valence-corrected chi connectivity index (χ3v) is 9.95. The quantitative estimate of drug-likeness (QED) is 0.202. The molecule has 2 aromatic heterocycles. The maximum atomic E-state index is 13.9. The molecule has 8 atom stereocenters. The number of esters is 1. The molecule has 0 saturated carbocycles. The summed E-state index contributed by atoms with van der Waals surface area (Å²) in [4.78, 5) is 51.0. The number of amides is 1. The smallest absolute Gasteiger partial charge is 0.410 e. The topological polar surface area (TPSA) is 122 Å². The first-order chi connectivity index (χ1) is 25.3. The van der Waals surface area contributed by atoms with Crippen LogP contribution in [0.3, 0.4) is 0 Å². The third-order valence-electron chi connectivity index (χ3n) is 9.95. The number of imidazole rings is 1. The van der Waals surface area contributed by atoms with Crippen LogP contribution in [-0.4, -0.2) is 90.0 Å². The molecule has 0 spiro atoms. The Bertz CT molecular complexity index is 1290. The number of methoxy groups -OCH3 is 2. The highest BCUT2D eigenvalue weighted by Gasteiger charge is 2.59. The van der Waals surface area contributed by atoms with Crippen molar-refractivity contribution in [1.82, 2.24) is 19.4 Å². The number of unbranched alkanes of at least 4 members (excludes halogenated alkanes) is 1. The van der Waals surface area contributed by atoms with Gasteiger partial charge < -0.3 is 28.4 Å². The summed E-state index contributed by atoms with van der Waals surface area (Å²) in [6, 6.07) is 3.33. The molecule has 4 heterocycles. The van der Waals surface area contributed by atoms with E-state index in [2.05, 4.69) is 33.3 Å². The number of carbonyl (C=O) groups is 3. The standard InChI is InChI=1S/C34H50N4O5.2C2H6O.2C2H6/c1-8-29-34(7)31(26(6)30(39)25(5)18-24(4)22(2)13-14-23(3)32(40)42-29)38(33(41)43-34)17-10-9-16-37-20-28(36-21-37)27-12-11-15-35-19-27;2*1-3-2;2*1-2/h11-12,15,19-26,29,31H,8-10,13-14,16-18H2,1-7H3;2*1-2H3;2*1-2H3/t22?,23?,24-,25+,26?,29+,31?,34+;;;;/m0..../s1. The summed E-state index contributed by atoms with van der Waals surface area (Å²) >= 11 is 0. The number of nitrogens with zero attached hydrogens (tertiary/aromatic N) is 4. The fraction of sp³-hybridized carbons (Fsp3) is 0.738. The second-order valence-electron chi connectivity index (χ2n) is 14.0. The lowest BCUT2D eigenvalue weighted by Gasteiger charge is -2.41. The Hall–Kier alpha value is -3.31. The molecule has 2 aliphatic rings. The molecule has 1 amide bonds. The van der Waals surface area contributed by atoms with Crippen molar-refractivity contribution in [3.8, 4) is 11.3 Å². The number of Topliss-reactive ketones (excluding diaryl/α,β-unsaturated/α-hetero) is 1. The van der Waals surface area contributed by atoms with Crippen LogP contribution in [0.2, 0.25) is 0 Å². The summed E-state index contributed by atoms with van der Waals surface area (Å²) in [6.45, 7) is 23.2. The summed E-state index contributed by atoms with van der Waals surface area (Å²) in [7, 11) is 6.50. The van der Waals surface area contributed by atoms with Crippen LogP contribution in [0, 0.1) is 29.6 Å². The van der Waals surface area contributed by atoms with Gasteiger partial charge in [0.2, 0.25) is 0 Å². The van der Waals surface area contributed by atoms with E-state index in [1.807, 2.05) is 91.5 Å². The van der Waals surface area contributed by atoms with Crippen molar-refractivity contribution >= 4 is 17.8 Å². The van der Waals surface area contributed by atoms with Gasteiger partial charge >= 0.3 is 12.1 Å². The molecule has 4 rings (SSSR count). The van der Waals surface area contributed by atoms with E-state index in [1.54, 1.807) is 45.7 Å². The fourth-order valence-electron chi connectivity index (χ4n) is 6.99. The van der Waals surface area contributed by atoms with Crippen LogP contribution in [0.25, 0.3) is 11.3 Å². The van der Waals surface area contributed by atoms with Gasteiger partial charge in [-0.15, -0.1) is 0 Å². The van der Waals surface area contributed by atoms with Crippen molar-refractivity contribution in [2.45, 2.75) is 139 Å². The molecule has 0 bridgehead atoms. The molecule has 0 N–H and O–H groups in total. The minimum Gasteiger partial charge on any atom is -0.458 e. The average Bonchev–Trinajstić information content (AvgIpc) is 3.74. The number of fused-ring (bicyclic) bond motifs is 1.